The van der Waals surface area contributed by atoms with Gasteiger partial charge in [0, 0.05) is 6.92 Å². The van der Waals surface area contributed by atoms with Crippen LogP contribution in [-0.2, 0) is 9.63 Å². The quantitative estimate of drug-likeness (QED) is 0.412. The fraction of sp³-hybridized carbons (Fsp3) is 0.444. The predicted molar refractivity (Wildman–Crippen MR) is 56.2 cm³/mol. The van der Waals surface area contributed by atoms with Crippen molar-refractivity contribution in [1.82, 2.24) is 0 Å². The normalized spacial score (nSPS) is 14.1. The molecule has 0 saturated carbocycles. The molecule has 0 unspecified atom stereocenters. The van der Waals surface area contributed by atoms with Gasteiger partial charge < -0.3 is 10.6 Å². The van der Waals surface area contributed by atoms with Crippen molar-refractivity contribution in [3.8, 4) is 0 Å². The lowest BCUT2D eigenvalue weighted by Crippen LogP contribution is -2.15. The molecule has 0 fully saturated rings. The van der Waals surface area contributed by atoms with Gasteiger partial charge in [0.2, 0.25) is 0 Å². The number of amidine groups is 1. The summed E-state index contributed by atoms with van der Waals surface area (Å²) in [6.07, 6.45) is 1.65. The molecule has 0 aromatic rings. The molecule has 0 spiro atoms. The lowest BCUT2D eigenvalue weighted by molar-refractivity contribution is -0.111. The van der Waals surface area contributed by atoms with Crippen molar-refractivity contribution in [2.24, 2.45) is 15.9 Å². The average Bonchev–Trinajstić information content (AvgIpc) is 2.10. The number of carbonyl (C=O) groups is 1. The number of aliphatic imine (C=N–C) groups is 1. The number of rotatable bonds is 4. The number of nitrogens with two attached hydrogens (primary N) is 1. The molecular weight excluding hydrogens is 182 g/mol. The van der Waals surface area contributed by atoms with E-state index in [-0.39, 0.29) is 11.5 Å². The molecule has 0 amide bonds. The average molecular weight is 197 g/mol. The first-order chi connectivity index (χ1) is 6.52. The molecule has 5 heteroatoms. The van der Waals surface area contributed by atoms with Crippen LogP contribution in [0.2, 0.25) is 0 Å². The van der Waals surface area contributed by atoms with Crippen LogP contribution in [0.3, 0.4) is 0 Å². The predicted octanol–water partition coefficient (Wildman–Crippen LogP) is 0.859. The standard InChI is InChI=1S/C9H15N3O2/c1-5-8(11-7(3)10)9(6(2)13)12-14-4/h5H,1-4H3,(H2,10,11)/b8-5-,12-9+. The molecule has 0 radical (unpaired) electrons. The molecule has 0 heterocycles. The Kier molecular flexibility index (Phi) is 5.21. The van der Waals surface area contributed by atoms with E-state index in [4.69, 9.17) is 5.73 Å². The third-order valence-corrected chi connectivity index (χ3v) is 1.33. The number of ketones is 1. The van der Waals surface area contributed by atoms with E-state index in [9.17, 15) is 4.79 Å². The minimum atomic E-state index is -0.218. The van der Waals surface area contributed by atoms with E-state index >= 15 is 0 Å². The molecule has 2 N–H and O–H groups in total. The zero-order chi connectivity index (χ0) is 11.1. The summed E-state index contributed by atoms with van der Waals surface area (Å²) in [5.74, 6) is 0.146. The highest BCUT2D eigenvalue weighted by atomic mass is 16.6. The van der Waals surface area contributed by atoms with Crippen LogP contribution in [0.4, 0.5) is 0 Å². The maximum Gasteiger partial charge on any atom is 0.183 e. The van der Waals surface area contributed by atoms with Gasteiger partial charge in [0.1, 0.15) is 7.11 Å². The van der Waals surface area contributed by atoms with Crippen LogP contribution in [0.5, 0.6) is 0 Å². The smallest absolute Gasteiger partial charge is 0.183 e. The van der Waals surface area contributed by atoms with Crippen molar-refractivity contribution < 1.29 is 9.63 Å². The summed E-state index contributed by atoms with van der Waals surface area (Å²) in [6, 6.07) is 0. The van der Waals surface area contributed by atoms with Crippen LogP contribution in [0.15, 0.2) is 21.9 Å². The number of oxime groups is 1. The van der Waals surface area contributed by atoms with Gasteiger partial charge in [-0.2, -0.15) is 0 Å². The van der Waals surface area contributed by atoms with E-state index in [1.54, 1.807) is 19.9 Å². The van der Waals surface area contributed by atoms with Gasteiger partial charge in [-0.1, -0.05) is 11.2 Å². The molecule has 0 aliphatic rings. The van der Waals surface area contributed by atoms with E-state index < -0.39 is 0 Å². The van der Waals surface area contributed by atoms with E-state index in [1.807, 2.05) is 0 Å². The molecule has 0 rings (SSSR count). The minimum Gasteiger partial charge on any atom is -0.398 e. The topological polar surface area (TPSA) is 77.0 Å². The van der Waals surface area contributed by atoms with Crippen LogP contribution in [0, 0.1) is 0 Å². The molecular formula is C9H15N3O2. The molecule has 5 nitrogen and oxygen atoms in total. The van der Waals surface area contributed by atoms with Gasteiger partial charge in [0.05, 0.1) is 11.5 Å². The Bertz CT molecular complexity index is 299. The van der Waals surface area contributed by atoms with Gasteiger partial charge in [-0.05, 0) is 13.8 Å². The Hall–Kier alpha value is -1.65. The Morgan fingerprint density at radius 2 is 2.00 bits per heavy atom. The summed E-state index contributed by atoms with van der Waals surface area (Å²) in [5.41, 5.74) is 5.99. The summed E-state index contributed by atoms with van der Waals surface area (Å²) in [5, 5.41) is 3.58. The molecule has 0 saturated heterocycles. The van der Waals surface area contributed by atoms with Gasteiger partial charge in [-0.15, -0.1) is 0 Å². The molecule has 0 aliphatic heterocycles. The molecule has 78 valence electrons. The third-order valence-electron chi connectivity index (χ3n) is 1.33. The van der Waals surface area contributed by atoms with Crippen molar-refractivity contribution >= 4 is 17.3 Å². The second-order valence-electron chi connectivity index (χ2n) is 2.61. The maximum absolute atomic E-state index is 11.2. The number of allylic oxidation sites excluding steroid dienone is 2. The second-order valence-corrected chi connectivity index (χ2v) is 2.61. The first-order valence-corrected chi connectivity index (χ1v) is 4.12. The molecule has 0 aromatic heterocycles. The number of hydrogen-bond acceptors (Lipinski definition) is 4. The number of Topliss-reactive ketones (excluding diaryl/α,β-unsaturated/α-hetero) is 1. The summed E-state index contributed by atoms with van der Waals surface area (Å²) in [4.78, 5) is 19.7. The fourth-order valence-electron chi connectivity index (χ4n) is 0.827. The Morgan fingerprint density at radius 3 is 2.29 bits per heavy atom. The van der Waals surface area contributed by atoms with Gasteiger partial charge in [0.15, 0.2) is 11.5 Å². The van der Waals surface area contributed by atoms with Gasteiger partial charge in [-0.3, -0.25) is 4.79 Å². The maximum atomic E-state index is 11.2. The van der Waals surface area contributed by atoms with E-state index in [0.29, 0.717) is 11.5 Å². The lowest BCUT2D eigenvalue weighted by Gasteiger charge is -2.02. The monoisotopic (exact) mass is 197 g/mol. The molecule has 14 heavy (non-hydrogen) atoms. The highest BCUT2D eigenvalue weighted by Crippen LogP contribution is 2.02. The summed E-state index contributed by atoms with van der Waals surface area (Å²) in [7, 11) is 1.37. The van der Waals surface area contributed by atoms with Crippen molar-refractivity contribution in [2.45, 2.75) is 20.8 Å². The van der Waals surface area contributed by atoms with Gasteiger partial charge in [0.25, 0.3) is 0 Å². The summed E-state index contributed by atoms with van der Waals surface area (Å²) in [6.45, 7) is 4.77. The van der Waals surface area contributed by atoms with Crippen LogP contribution >= 0.6 is 0 Å². The summed E-state index contributed by atoms with van der Waals surface area (Å²) >= 11 is 0. The van der Waals surface area contributed by atoms with E-state index in [0.717, 1.165) is 0 Å². The first-order valence-electron chi connectivity index (χ1n) is 4.12. The largest absolute Gasteiger partial charge is 0.398 e. The highest BCUT2D eigenvalue weighted by molar-refractivity contribution is 6.45. The number of hydrogen-bond donors (Lipinski definition) is 1. The molecule has 0 aliphatic carbocycles. The molecule has 0 atom stereocenters. The van der Waals surface area contributed by atoms with Crippen molar-refractivity contribution in [3.05, 3.63) is 11.8 Å². The fourth-order valence-corrected chi connectivity index (χ4v) is 0.827. The zero-order valence-corrected chi connectivity index (χ0v) is 8.87. The highest BCUT2D eigenvalue weighted by Gasteiger charge is 2.11. The van der Waals surface area contributed by atoms with Crippen LogP contribution < -0.4 is 5.73 Å². The number of carbonyl (C=O) groups excluding carboxylic acids is 1. The van der Waals surface area contributed by atoms with Crippen LogP contribution in [-0.4, -0.2) is 24.4 Å². The van der Waals surface area contributed by atoms with Gasteiger partial charge >= 0.3 is 0 Å². The van der Waals surface area contributed by atoms with E-state index in [1.165, 1.54) is 14.0 Å². The lowest BCUT2D eigenvalue weighted by atomic mass is 10.2. The number of nitrogens with zero attached hydrogens (tertiary/aromatic N) is 2. The minimum absolute atomic E-state index is 0.166. The summed E-state index contributed by atoms with van der Waals surface area (Å²) < 4.78 is 0. The van der Waals surface area contributed by atoms with Crippen LogP contribution in [0.25, 0.3) is 0 Å². The van der Waals surface area contributed by atoms with Crippen molar-refractivity contribution in [1.29, 1.82) is 0 Å². The van der Waals surface area contributed by atoms with E-state index in [2.05, 4.69) is 15.0 Å². The van der Waals surface area contributed by atoms with Crippen molar-refractivity contribution in [2.75, 3.05) is 7.11 Å². The zero-order valence-electron chi connectivity index (χ0n) is 8.87. The SMILES string of the molecule is C/C=C(N=C(C)N)/C(=N/OC)C(C)=O. The Morgan fingerprint density at radius 1 is 1.43 bits per heavy atom. The van der Waals surface area contributed by atoms with Crippen molar-refractivity contribution in [3.63, 3.8) is 0 Å². The third kappa shape index (κ3) is 3.84. The Labute approximate surface area is 83.3 Å². The first kappa shape index (κ1) is 12.3. The molecule has 0 bridgehead atoms. The van der Waals surface area contributed by atoms with Gasteiger partial charge in [-0.25, -0.2) is 4.99 Å². The molecule has 0 aromatic carbocycles. The van der Waals surface area contributed by atoms with Crippen LogP contribution in [0.1, 0.15) is 20.8 Å². The second kappa shape index (κ2) is 5.90. The Balaban J connectivity index is 5.10.